The van der Waals surface area contributed by atoms with Crippen LogP contribution >= 0.6 is 11.6 Å². The minimum absolute atomic E-state index is 0.0394. The number of para-hydroxylation sites is 2. The summed E-state index contributed by atoms with van der Waals surface area (Å²) in [6, 6.07) is 14.0. The van der Waals surface area contributed by atoms with Gasteiger partial charge in [0.15, 0.2) is 0 Å². The standard InChI is InChI=1S/C16H14ClN3O2/c1-22-15-5-3-2-4-13(15)19-10-16(21)20-14-8-12(17)7-6-11(14)9-18/h2-8,19H,10H2,1H3,(H,20,21). The molecule has 0 aliphatic rings. The van der Waals surface area contributed by atoms with Gasteiger partial charge in [0.2, 0.25) is 5.91 Å². The average molecular weight is 316 g/mol. The number of nitriles is 1. The molecule has 0 atom stereocenters. The summed E-state index contributed by atoms with van der Waals surface area (Å²) in [5.41, 5.74) is 1.46. The maximum Gasteiger partial charge on any atom is 0.243 e. The summed E-state index contributed by atoms with van der Waals surface area (Å²) in [7, 11) is 1.56. The van der Waals surface area contributed by atoms with E-state index in [1.807, 2.05) is 24.3 Å². The number of hydrogen-bond donors (Lipinski definition) is 2. The fraction of sp³-hybridized carbons (Fsp3) is 0.125. The molecule has 6 heteroatoms. The summed E-state index contributed by atoms with van der Waals surface area (Å²) < 4.78 is 5.19. The molecule has 0 spiro atoms. The molecule has 0 aliphatic heterocycles. The van der Waals surface area contributed by atoms with E-state index in [4.69, 9.17) is 21.6 Å². The molecule has 0 saturated carbocycles. The fourth-order valence-corrected chi connectivity index (χ4v) is 2.05. The number of hydrogen-bond acceptors (Lipinski definition) is 4. The van der Waals surface area contributed by atoms with E-state index in [1.54, 1.807) is 31.4 Å². The second-order valence-electron chi connectivity index (χ2n) is 4.40. The van der Waals surface area contributed by atoms with Gasteiger partial charge in [0.05, 0.1) is 30.6 Å². The summed E-state index contributed by atoms with van der Waals surface area (Å²) in [4.78, 5) is 12.0. The lowest BCUT2D eigenvalue weighted by Gasteiger charge is -2.11. The van der Waals surface area contributed by atoms with Crippen molar-refractivity contribution < 1.29 is 9.53 Å². The van der Waals surface area contributed by atoms with Crippen LogP contribution in [0.25, 0.3) is 0 Å². The molecule has 0 heterocycles. The van der Waals surface area contributed by atoms with Crippen molar-refractivity contribution >= 4 is 28.9 Å². The summed E-state index contributed by atoms with van der Waals surface area (Å²) in [6.45, 7) is 0.0394. The van der Waals surface area contributed by atoms with E-state index in [0.717, 1.165) is 0 Å². The van der Waals surface area contributed by atoms with Gasteiger partial charge in [-0.05, 0) is 30.3 Å². The number of benzene rings is 2. The zero-order chi connectivity index (χ0) is 15.9. The number of carbonyl (C=O) groups is 1. The number of amides is 1. The number of anilines is 2. The van der Waals surface area contributed by atoms with Crippen LogP contribution in [0.3, 0.4) is 0 Å². The maximum absolute atomic E-state index is 12.0. The molecule has 0 aliphatic carbocycles. The minimum atomic E-state index is -0.287. The highest BCUT2D eigenvalue weighted by Gasteiger charge is 2.09. The topological polar surface area (TPSA) is 74.2 Å². The van der Waals surface area contributed by atoms with Crippen LogP contribution in [0, 0.1) is 11.3 Å². The number of halogens is 1. The van der Waals surface area contributed by atoms with Gasteiger partial charge in [-0.25, -0.2) is 0 Å². The summed E-state index contributed by atoms with van der Waals surface area (Å²) in [5.74, 6) is 0.362. The Hall–Kier alpha value is -2.71. The van der Waals surface area contributed by atoms with E-state index in [0.29, 0.717) is 27.7 Å². The quantitative estimate of drug-likeness (QED) is 0.888. The molecule has 0 bridgehead atoms. The van der Waals surface area contributed by atoms with Crippen molar-refractivity contribution in [3.8, 4) is 11.8 Å². The maximum atomic E-state index is 12.0. The summed E-state index contributed by atoms with van der Waals surface area (Å²) >= 11 is 5.88. The Labute approximate surface area is 133 Å². The zero-order valence-electron chi connectivity index (χ0n) is 11.9. The Morgan fingerprint density at radius 3 is 2.77 bits per heavy atom. The molecule has 2 rings (SSSR count). The predicted molar refractivity (Wildman–Crippen MR) is 86.3 cm³/mol. The first kappa shape index (κ1) is 15.7. The Morgan fingerprint density at radius 2 is 2.05 bits per heavy atom. The lowest BCUT2D eigenvalue weighted by atomic mass is 10.2. The van der Waals surface area contributed by atoms with Crippen LogP contribution in [0.4, 0.5) is 11.4 Å². The molecule has 22 heavy (non-hydrogen) atoms. The number of nitrogens with one attached hydrogen (secondary N) is 2. The molecule has 112 valence electrons. The van der Waals surface area contributed by atoms with Crippen molar-refractivity contribution in [3.63, 3.8) is 0 Å². The van der Waals surface area contributed by atoms with E-state index in [-0.39, 0.29) is 12.5 Å². The highest BCUT2D eigenvalue weighted by molar-refractivity contribution is 6.31. The van der Waals surface area contributed by atoms with Crippen molar-refractivity contribution in [2.24, 2.45) is 0 Å². The third-order valence-corrected chi connectivity index (χ3v) is 3.16. The third kappa shape index (κ3) is 3.90. The van der Waals surface area contributed by atoms with Gasteiger partial charge in [-0.15, -0.1) is 0 Å². The molecule has 0 saturated heterocycles. The van der Waals surface area contributed by atoms with E-state index in [2.05, 4.69) is 10.6 Å². The Balaban J connectivity index is 2.02. The molecule has 0 fully saturated rings. The minimum Gasteiger partial charge on any atom is -0.495 e. The predicted octanol–water partition coefficient (Wildman–Crippen LogP) is 3.27. The van der Waals surface area contributed by atoms with Crippen LogP contribution in [0.1, 0.15) is 5.56 Å². The third-order valence-electron chi connectivity index (χ3n) is 2.92. The van der Waals surface area contributed by atoms with Gasteiger partial charge in [0, 0.05) is 5.02 Å². The second-order valence-corrected chi connectivity index (χ2v) is 4.84. The molecule has 2 aromatic rings. The Kier molecular flexibility index (Phi) is 5.23. The fourth-order valence-electron chi connectivity index (χ4n) is 1.88. The first-order valence-electron chi connectivity index (χ1n) is 6.50. The molecule has 5 nitrogen and oxygen atoms in total. The van der Waals surface area contributed by atoms with Crippen LogP contribution < -0.4 is 15.4 Å². The summed E-state index contributed by atoms with van der Waals surface area (Å²) in [5, 5.41) is 15.1. The average Bonchev–Trinajstić information content (AvgIpc) is 2.53. The molecule has 0 unspecified atom stereocenters. The molecular weight excluding hydrogens is 302 g/mol. The van der Waals surface area contributed by atoms with Gasteiger partial charge in [-0.3, -0.25) is 4.79 Å². The van der Waals surface area contributed by atoms with E-state index in [1.165, 1.54) is 0 Å². The number of nitrogens with zero attached hydrogens (tertiary/aromatic N) is 1. The van der Waals surface area contributed by atoms with Crippen molar-refractivity contribution in [3.05, 3.63) is 53.1 Å². The number of carbonyl (C=O) groups excluding carboxylic acids is 1. The SMILES string of the molecule is COc1ccccc1NCC(=O)Nc1cc(Cl)ccc1C#N. The van der Waals surface area contributed by atoms with Crippen LogP contribution in [-0.2, 0) is 4.79 Å². The van der Waals surface area contributed by atoms with Gasteiger partial charge in [0.1, 0.15) is 11.8 Å². The Bertz CT molecular complexity index is 726. The zero-order valence-corrected chi connectivity index (χ0v) is 12.6. The largest absolute Gasteiger partial charge is 0.495 e. The highest BCUT2D eigenvalue weighted by Crippen LogP contribution is 2.23. The van der Waals surface area contributed by atoms with Gasteiger partial charge in [0.25, 0.3) is 0 Å². The molecule has 0 aromatic heterocycles. The first-order valence-corrected chi connectivity index (χ1v) is 6.88. The molecule has 2 aromatic carbocycles. The van der Waals surface area contributed by atoms with Crippen LogP contribution in [-0.4, -0.2) is 19.6 Å². The van der Waals surface area contributed by atoms with Crippen LogP contribution in [0.15, 0.2) is 42.5 Å². The van der Waals surface area contributed by atoms with E-state index < -0.39 is 0 Å². The number of rotatable bonds is 5. The van der Waals surface area contributed by atoms with Crippen molar-refractivity contribution in [1.82, 2.24) is 0 Å². The normalized spacial score (nSPS) is 9.68. The smallest absolute Gasteiger partial charge is 0.243 e. The van der Waals surface area contributed by atoms with Crippen LogP contribution in [0.5, 0.6) is 5.75 Å². The van der Waals surface area contributed by atoms with Crippen molar-refractivity contribution in [2.75, 3.05) is 24.3 Å². The highest BCUT2D eigenvalue weighted by atomic mass is 35.5. The molecule has 1 amide bonds. The second kappa shape index (κ2) is 7.34. The van der Waals surface area contributed by atoms with Gasteiger partial charge < -0.3 is 15.4 Å². The van der Waals surface area contributed by atoms with E-state index in [9.17, 15) is 4.79 Å². The number of methoxy groups -OCH3 is 1. The lowest BCUT2D eigenvalue weighted by molar-refractivity contribution is -0.114. The van der Waals surface area contributed by atoms with Crippen molar-refractivity contribution in [1.29, 1.82) is 5.26 Å². The Morgan fingerprint density at radius 1 is 1.27 bits per heavy atom. The monoisotopic (exact) mass is 315 g/mol. The summed E-state index contributed by atoms with van der Waals surface area (Å²) in [6.07, 6.45) is 0. The molecule has 2 N–H and O–H groups in total. The van der Waals surface area contributed by atoms with Crippen LogP contribution in [0.2, 0.25) is 5.02 Å². The van der Waals surface area contributed by atoms with Crippen molar-refractivity contribution in [2.45, 2.75) is 0 Å². The number of ether oxygens (including phenoxy) is 1. The molecule has 0 radical (unpaired) electrons. The lowest BCUT2D eigenvalue weighted by Crippen LogP contribution is -2.22. The molecular formula is C16H14ClN3O2. The van der Waals surface area contributed by atoms with E-state index >= 15 is 0 Å². The first-order chi connectivity index (χ1) is 10.6. The van der Waals surface area contributed by atoms with Gasteiger partial charge >= 0.3 is 0 Å². The van der Waals surface area contributed by atoms with Gasteiger partial charge in [-0.1, -0.05) is 23.7 Å². The van der Waals surface area contributed by atoms with Gasteiger partial charge in [-0.2, -0.15) is 5.26 Å².